The van der Waals surface area contributed by atoms with Crippen molar-refractivity contribution in [2.24, 2.45) is 0 Å². The van der Waals surface area contributed by atoms with Crippen LogP contribution in [0, 0.1) is 83.1 Å². The van der Waals surface area contributed by atoms with E-state index >= 15 is 0 Å². The minimum atomic E-state index is 0.886. The molecule has 7 rings (SSSR count). The van der Waals surface area contributed by atoms with Crippen LogP contribution in [0.15, 0.2) is 60.7 Å². The quantitative estimate of drug-likeness (QED) is 0.179. The third kappa shape index (κ3) is 6.55. The maximum absolute atomic E-state index is 5.59. The average Bonchev–Trinajstić information content (AvgIpc) is 3.16. The van der Waals surface area contributed by atoms with Crippen molar-refractivity contribution in [1.29, 1.82) is 0 Å². The first kappa shape index (κ1) is 39.2. The highest BCUT2D eigenvalue weighted by Gasteiger charge is 2.26. The fourth-order valence-electron chi connectivity index (χ4n) is 10.4. The van der Waals surface area contributed by atoms with Gasteiger partial charge < -0.3 is 9.47 Å². The van der Waals surface area contributed by atoms with Gasteiger partial charge in [-0.05, 0) is 267 Å². The van der Waals surface area contributed by atoms with Gasteiger partial charge in [0.2, 0.25) is 0 Å². The average molecular weight is 741 g/mol. The van der Waals surface area contributed by atoms with E-state index in [1.54, 1.807) is 14.2 Å². The maximum Gasteiger partial charge on any atom is 0.118 e. The van der Waals surface area contributed by atoms with Crippen LogP contribution in [-0.2, 0) is 25.7 Å². The van der Waals surface area contributed by atoms with Crippen molar-refractivity contribution in [1.82, 2.24) is 0 Å². The topological polar surface area (TPSA) is 18.5 Å². The van der Waals surface area contributed by atoms with Gasteiger partial charge in [0.05, 0.1) is 14.2 Å². The molecule has 0 radical (unpaired) electrons. The maximum atomic E-state index is 5.59. The lowest BCUT2D eigenvalue weighted by Gasteiger charge is -2.28. The molecular formula is C54H60O2. The van der Waals surface area contributed by atoms with Crippen LogP contribution in [-0.4, -0.2) is 14.2 Å². The Bertz CT molecular complexity index is 2230. The number of fused-ring (bicyclic) bond motifs is 8. The molecule has 6 aromatic rings. The van der Waals surface area contributed by atoms with E-state index in [4.69, 9.17) is 9.47 Å². The number of hydrogen-bond donors (Lipinski definition) is 0. The Kier molecular flexibility index (Phi) is 10.6. The standard InChI is InChI=1S/C54H60O2/c1-29-23-30(2)46-26-50-36(8)52(40(12)54(38(50)10)42-17-21-44(56-14)22-18-42)28-48-32(4)24-31(3)47(34(48)6)27-51-35(7)49(25-45(29)33(46)5)37(9)53(39(51)11)41-15-19-43(55-13)20-16-41/h15-24H,25-28H2,1-14H3. The van der Waals surface area contributed by atoms with Crippen LogP contribution in [0.3, 0.4) is 0 Å². The zero-order valence-electron chi connectivity index (χ0n) is 36.4. The normalized spacial score (nSPS) is 12.5. The molecule has 0 atom stereocenters. The number of rotatable bonds is 4. The van der Waals surface area contributed by atoms with Gasteiger partial charge >= 0.3 is 0 Å². The van der Waals surface area contributed by atoms with Crippen molar-refractivity contribution in [3.63, 3.8) is 0 Å². The molecule has 0 heterocycles. The highest BCUT2D eigenvalue weighted by atomic mass is 16.5. The van der Waals surface area contributed by atoms with E-state index in [1.807, 2.05) is 0 Å². The summed E-state index contributed by atoms with van der Waals surface area (Å²) in [5.74, 6) is 1.77. The summed E-state index contributed by atoms with van der Waals surface area (Å²) in [5, 5.41) is 0. The second-order valence-electron chi connectivity index (χ2n) is 16.8. The zero-order chi connectivity index (χ0) is 40.3. The molecular weight excluding hydrogens is 681 g/mol. The fourth-order valence-corrected chi connectivity index (χ4v) is 10.4. The van der Waals surface area contributed by atoms with Gasteiger partial charge in [0, 0.05) is 0 Å². The molecule has 1 aliphatic rings. The van der Waals surface area contributed by atoms with Gasteiger partial charge in [-0.2, -0.15) is 0 Å². The third-order valence-corrected chi connectivity index (χ3v) is 13.9. The Morgan fingerprint density at radius 3 is 0.768 bits per heavy atom. The molecule has 2 heteroatoms. The van der Waals surface area contributed by atoms with E-state index in [9.17, 15) is 0 Å². The van der Waals surface area contributed by atoms with Gasteiger partial charge in [-0.25, -0.2) is 0 Å². The van der Waals surface area contributed by atoms with Crippen LogP contribution >= 0.6 is 0 Å². The van der Waals surface area contributed by atoms with Crippen molar-refractivity contribution in [2.45, 2.75) is 109 Å². The smallest absolute Gasteiger partial charge is 0.118 e. The summed E-state index contributed by atoms with van der Waals surface area (Å²) < 4.78 is 11.2. The van der Waals surface area contributed by atoms with Crippen molar-refractivity contribution >= 4 is 0 Å². The molecule has 2 nitrogen and oxygen atoms in total. The molecule has 0 amide bonds. The van der Waals surface area contributed by atoms with Gasteiger partial charge in [0.25, 0.3) is 0 Å². The lowest BCUT2D eigenvalue weighted by molar-refractivity contribution is 0.415. The lowest BCUT2D eigenvalue weighted by Crippen LogP contribution is -2.13. The van der Waals surface area contributed by atoms with Crippen molar-refractivity contribution in [2.75, 3.05) is 14.2 Å². The van der Waals surface area contributed by atoms with Crippen LogP contribution in [0.25, 0.3) is 22.3 Å². The highest BCUT2D eigenvalue weighted by Crippen LogP contribution is 2.42. The number of ether oxygens (including phenoxy) is 2. The van der Waals surface area contributed by atoms with Crippen molar-refractivity contribution < 1.29 is 9.47 Å². The molecule has 0 spiro atoms. The van der Waals surface area contributed by atoms with Crippen LogP contribution in [0.1, 0.15) is 111 Å². The van der Waals surface area contributed by atoms with Gasteiger partial charge in [-0.3, -0.25) is 0 Å². The minimum Gasteiger partial charge on any atom is -0.497 e. The van der Waals surface area contributed by atoms with Gasteiger partial charge in [0.1, 0.15) is 11.5 Å². The molecule has 0 saturated heterocycles. The monoisotopic (exact) mass is 740 g/mol. The van der Waals surface area contributed by atoms with Crippen LogP contribution in [0.2, 0.25) is 0 Å². The highest BCUT2D eigenvalue weighted by molar-refractivity contribution is 5.78. The van der Waals surface area contributed by atoms with E-state index < -0.39 is 0 Å². The van der Waals surface area contributed by atoms with E-state index in [0.29, 0.717) is 0 Å². The number of aryl methyl sites for hydroxylation is 4. The second kappa shape index (κ2) is 15.1. The summed E-state index contributed by atoms with van der Waals surface area (Å²) in [5.41, 5.74) is 33.7. The summed E-state index contributed by atoms with van der Waals surface area (Å²) >= 11 is 0. The van der Waals surface area contributed by atoms with Crippen LogP contribution < -0.4 is 9.47 Å². The zero-order valence-corrected chi connectivity index (χ0v) is 36.4. The lowest BCUT2D eigenvalue weighted by atomic mass is 9.76. The number of hydrogen-bond acceptors (Lipinski definition) is 2. The molecule has 1 aliphatic carbocycles. The molecule has 0 saturated carbocycles. The first-order valence-corrected chi connectivity index (χ1v) is 20.4. The molecule has 0 aliphatic heterocycles. The first-order chi connectivity index (χ1) is 26.7. The summed E-state index contributed by atoms with van der Waals surface area (Å²) in [6.45, 7) is 28.3. The molecule has 8 bridgehead atoms. The predicted octanol–water partition coefficient (Wildman–Crippen LogP) is 13.4. The van der Waals surface area contributed by atoms with E-state index in [2.05, 4.69) is 144 Å². The minimum absolute atomic E-state index is 0.886. The Labute approximate surface area is 337 Å². The van der Waals surface area contributed by atoms with Crippen molar-refractivity contribution in [3.8, 4) is 33.8 Å². The molecule has 0 fully saturated rings. The molecule has 288 valence electrons. The van der Waals surface area contributed by atoms with Crippen LogP contribution in [0.5, 0.6) is 11.5 Å². The SMILES string of the molecule is COc1ccc(-c2c(C)c3c(C)c(c2C)Cc2c(C)cc(C)c(c2C)Cc2c(C)c(c(C)c(-c4ccc(OC)cc4)c2C)Cc2c(C)cc(C)c(c2C)C3)cc1. The molecule has 6 aromatic carbocycles. The van der Waals surface area contributed by atoms with E-state index in [0.717, 1.165) is 37.2 Å². The third-order valence-electron chi connectivity index (χ3n) is 13.9. The fraction of sp³-hybridized carbons (Fsp3) is 0.333. The Morgan fingerprint density at radius 2 is 0.536 bits per heavy atom. The molecule has 56 heavy (non-hydrogen) atoms. The predicted molar refractivity (Wildman–Crippen MR) is 238 cm³/mol. The van der Waals surface area contributed by atoms with Gasteiger partial charge in [-0.1, -0.05) is 36.4 Å². The summed E-state index contributed by atoms with van der Waals surface area (Å²) in [6, 6.07) is 22.3. The molecule has 0 N–H and O–H groups in total. The van der Waals surface area contributed by atoms with Crippen molar-refractivity contribution in [3.05, 3.63) is 172 Å². The Hall–Kier alpha value is -5.08. The largest absolute Gasteiger partial charge is 0.497 e. The summed E-state index contributed by atoms with van der Waals surface area (Å²) in [7, 11) is 3.49. The van der Waals surface area contributed by atoms with E-state index in [-0.39, 0.29) is 0 Å². The van der Waals surface area contributed by atoms with E-state index in [1.165, 1.54) is 134 Å². The number of methoxy groups -OCH3 is 2. The summed E-state index contributed by atoms with van der Waals surface area (Å²) in [6.07, 6.45) is 3.63. The van der Waals surface area contributed by atoms with Gasteiger partial charge in [-0.15, -0.1) is 0 Å². The summed E-state index contributed by atoms with van der Waals surface area (Å²) in [4.78, 5) is 0. The van der Waals surface area contributed by atoms with Crippen LogP contribution in [0.4, 0.5) is 0 Å². The molecule has 0 aromatic heterocycles. The first-order valence-electron chi connectivity index (χ1n) is 20.4. The second-order valence-corrected chi connectivity index (χ2v) is 16.8. The van der Waals surface area contributed by atoms with Gasteiger partial charge in [0.15, 0.2) is 0 Å². The number of benzene rings is 6. The Balaban J connectivity index is 1.57. The molecule has 0 unspecified atom stereocenters. The Morgan fingerprint density at radius 1 is 0.304 bits per heavy atom.